The van der Waals surface area contributed by atoms with Crippen molar-refractivity contribution in [3.8, 4) is 0 Å². The molecule has 0 saturated heterocycles. The molecular weight excluding hydrogens is 318 g/mol. The van der Waals surface area contributed by atoms with E-state index in [0.29, 0.717) is 6.54 Å². The Morgan fingerprint density at radius 3 is 2.67 bits per heavy atom. The first-order valence-electron chi connectivity index (χ1n) is 5.94. The van der Waals surface area contributed by atoms with Gasteiger partial charge in [0, 0.05) is 23.9 Å². The fourth-order valence-electron chi connectivity index (χ4n) is 1.45. The van der Waals surface area contributed by atoms with Crippen molar-refractivity contribution in [2.24, 2.45) is 5.14 Å². The number of nitro groups is 1. The Morgan fingerprint density at radius 2 is 2.14 bits per heavy atom. The van der Waals surface area contributed by atoms with Crippen molar-refractivity contribution < 1.29 is 18.1 Å². The first kappa shape index (κ1) is 17.4. The molecule has 0 fully saturated rings. The van der Waals surface area contributed by atoms with E-state index in [4.69, 9.17) is 5.14 Å². The standard InChI is InChI=1S/C11H15N3O5S2/c1-2-13-11(15)8-3-4-10(9(7-8)14(16)17)20-5-6-21(12,18)19/h3-4,7H,2,5-6H2,1H3,(H,13,15)(H2,12,18,19). The van der Waals surface area contributed by atoms with Crippen LogP contribution in [0.15, 0.2) is 23.1 Å². The maximum absolute atomic E-state index is 11.6. The molecule has 1 aromatic rings. The van der Waals surface area contributed by atoms with Crippen LogP contribution in [0.2, 0.25) is 0 Å². The van der Waals surface area contributed by atoms with Gasteiger partial charge in [-0.15, -0.1) is 11.8 Å². The summed E-state index contributed by atoms with van der Waals surface area (Å²) in [5.41, 5.74) is -0.0579. The molecule has 8 nitrogen and oxygen atoms in total. The largest absolute Gasteiger partial charge is 0.352 e. The third-order valence-electron chi connectivity index (χ3n) is 2.38. The van der Waals surface area contributed by atoms with Crippen LogP contribution in [0, 0.1) is 10.1 Å². The smallest absolute Gasteiger partial charge is 0.283 e. The fraction of sp³-hybridized carbons (Fsp3) is 0.364. The molecule has 0 atom stereocenters. The van der Waals surface area contributed by atoms with Crippen molar-refractivity contribution in [1.29, 1.82) is 0 Å². The Balaban J connectivity index is 2.94. The van der Waals surface area contributed by atoms with Gasteiger partial charge in [0.15, 0.2) is 0 Å². The molecular formula is C11H15N3O5S2. The minimum Gasteiger partial charge on any atom is -0.352 e. The number of primary sulfonamides is 1. The molecule has 3 N–H and O–H groups in total. The zero-order chi connectivity index (χ0) is 16.0. The molecule has 10 heteroatoms. The second-order valence-corrected chi connectivity index (χ2v) is 6.89. The molecule has 0 bridgehead atoms. The number of carbonyl (C=O) groups is 1. The lowest BCUT2D eigenvalue weighted by molar-refractivity contribution is -0.387. The number of sulfonamides is 1. The van der Waals surface area contributed by atoms with Crippen molar-refractivity contribution in [2.75, 3.05) is 18.1 Å². The molecule has 0 heterocycles. The maximum Gasteiger partial charge on any atom is 0.283 e. The molecule has 21 heavy (non-hydrogen) atoms. The van der Waals surface area contributed by atoms with E-state index in [-0.39, 0.29) is 27.7 Å². The second-order valence-electron chi connectivity index (χ2n) is 4.01. The lowest BCUT2D eigenvalue weighted by Gasteiger charge is -2.06. The average Bonchev–Trinajstić information content (AvgIpc) is 2.37. The van der Waals surface area contributed by atoms with Gasteiger partial charge >= 0.3 is 0 Å². The molecule has 1 aromatic carbocycles. The summed E-state index contributed by atoms with van der Waals surface area (Å²) in [5, 5.41) is 18.4. The Kier molecular flexibility index (Phi) is 6.12. The third-order valence-corrected chi connectivity index (χ3v) is 4.48. The van der Waals surface area contributed by atoms with E-state index in [1.807, 2.05) is 0 Å². The molecule has 0 aromatic heterocycles. The number of thioether (sulfide) groups is 1. The Bertz CT molecular complexity index is 645. The number of nitrogens with one attached hydrogen (secondary N) is 1. The quantitative estimate of drug-likeness (QED) is 0.429. The fourth-order valence-corrected chi connectivity index (χ4v) is 3.38. The van der Waals surface area contributed by atoms with E-state index in [1.165, 1.54) is 18.2 Å². The first-order valence-corrected chi connectivity index (χ1v) is 8.64. The number of nitrogens with zero attached hydrogens (tertiary/aromatic N) is 1. The Morgan fingerprint density at radius 1 is 1.48 bits per heavy atom. The van der Waals surface area contributed by atoms with Gasteiger partial charge in [0.1, 0.15) is 0 Å². The van der Waals surface area contributed by atoms with Gasteiger partial charge in [0.05, 0.1) is 15.6 Å². The van der Waals surface area contributed by atoms with E-state index in [9.17, 15) is 23.3 Å². The summed E-state index contributed by atoms with van der Waals surface area (Å²) in [6, 6.07) is 4.05. The average molecular weight is 333 g/mol. The molecule has 0 saturated carbocycles. The van der Waals surface area contributed by atoms with Crippen molar-refractivity contribution in [3.63, 3.8) is 0 Å². The molecule has 0 radical (unpaired) electrons. The van der Waals surface area contributed by atoms with Gasteiger partial charge in [0.2, 0.25) is 10.0 Å². The number of hydrogen-bond donors (Lipinski definition) is 2. The van der Waals surface area contributed by atoms with Crippen molar-refractivity contribution in [2.45, 2.75) is 11.8 Å². The number of nitro benzene ring substituents is 1. The monoisotopic (exact) mass is 333 g/mol. The first-order chi connectivity index (χ1) is 9.74. The third kappa shape index (κ3) is 5.69. The molecule has 0 aliphatic carbocycles. The number of rotatable bonds is 7. The van der Waals surface area contributed by atoms with Crippen LogP contribution in [-0.4, -0.2) is 37.3 Å². The van der Waals surface area contributed by atoms with Gasteiger partial charge in [-0.1, -0.05) is 0 Å². The summed E-state index contributed by atoms with van der Waals surface area (Å²) in [5.74, 6) is -0.589. The highest BCUT2D eigenvalue weighted by molar-refractivity contribution is 8.00. The summed E-state index contributed by atoms with van der Waals surface area (Å²) in [6.07, 6.45) is 0. The van der Waals surface area contributed by atoms with E-state index < -0.39 is 20.9 Å². The highest BCUT2D eigenvalue weighted by Crippen LogP contribution is 2.30. The molecule has 1 amide bonds. The summed E-state index contributed by atoms with van der Waals surface area (Å²) >= 11 is 1.00. The predicted octanol–water partition coefficient (Wildman–Crippen LogP) is 0.725. The molecule has 116 valence electrons. The van der Waals surface area contributed by atoms with Gasteiger partial charge in [-0.05, 0) is 19.1 Å². The van der Waals surface area contributed by atoms with Crippen molar-refractivity contribution >= 4 is 33.4 Å². The molecule has 0 spiro atoms. The van der Waals surface area contributed by atoms with Crippen LogP contribution >= 0.6 is 11.8 Å². The second kappa shape index (κ2) is 7.38. The number of nitrogens with two attached hydrogens (primary N) is 1. The Hall–Kier alpha value is -1.65. The Labute approximate surface area is 126 Å². The maximum atomic E-state index is 11.6. The highest BCUT2D eigenvalue weighted by atomic mass is 32.2. The molecule has 0 aliphatic heterocycles. The van der Waals surface area contributed by atoms with Crippen molar-refractivity contribution in [1.82, 2.24) is 5.32 Å². The van der Waals surface area contributed by atoms with E-state index in [0.717, 1.165) is 11.8 Å². The summed E-state index contributed by atoms with van der Waals surface area (Å²) in [6.45, 7) is 2.15. The van der Waals surface area contributed by atoms with Crippen LogP contribution in [0.1, 0.15) is 17.3 Å². The topological polar surface area (TPSA) is 132 Å². The number of benzene rings is 1. The van der Waals surface area contributed by atoms with E-state index >= 15 is 0 Å². The molecule has 0 unspecified atom stereocenters. The van der Waals surface area contributed by atoms with Gasteiger partial charge in [0.25, 0.3) is 11.6 Å². The number of amides is 1. The summed E-state index contributed by atoms with van der Waals surface area (Å²) < 4.78 is 21.7. The van der Waals surface area contributed by atoms with Gasteiger partial charge < -0.3 is 5.32 Å². The number of carbonyl (C=O) groups excluding carboxylic acids is 1. The SMILES string of the molecule is CCNC(=O)c1ccc(SCCS(N)(=O)=O)c([N+](=O)[O-])c1. The normalized spacial score (nSPS) is 11.1. The molecule has 0 aliphatic rings. The summed E-state index contributed by atoms with van der Waals surface area (Å²) in [7, 11) is -3.61. The van der Waals surface area contributed by atoms with Crippen LogP contribution in [0.25, 0.3) is 0 Å². The van der Waals surface area contributed by atoms with Crippen LogP contribution in [0.4, 0.5) is 5.69 Å². The predicted molar refractivity (Wildman–Crippen MR) is 79.8 cm³/mol. The number of hydrogen-bond acceptors (Lipinski definition) is 6. The highest BCUT2D eigenvalue weighted by Gasteiger charge is 2.18. The van der Waals surface area contributed by atoms with Crippen LogP contribution in [0.3, 0.4) is 0 Å². The molecule has 1 rings (SSSR count). The minimum atomic E-state index is -3.61. The van der Waals surface area contributed by atoms with Crippen LogP contribution in [-0.2, 0) is 10.0 Å². The zero-order valence-electron chi connectivity index (χ0n) is 11.2. The lowest BCUT2D eigenvalue weighted by atomic mass is 10.2. The minimum absolute atomic E-state index is 0.0974. The summed E-state index contributed by atoms with van der Waals surface area (Å²) in [4.78, 5) is 22.4. The van der Waals surface area contributed by atoms with Crippen molar-refractivity contribution in [3.05, 3.63) is 33.9 Å². The lowest BCUT2D eigenvalue weighted by Crippen LogP contribution is -2.22. The zero-order valence-corrected chi connectivity index (χ0v) is 12.9. The van der Waals surface area contributed by atoms with E-state index in [2.05, 4.69) is 5.32 Å². The van der Waals surface area contributed by atoms with Gasteiger partial charge in [-0.2, -0.15) is 0 Å². The van der Waals surface area contributed by atoms with E-state index in [1.54, 1.807) is 6.92 Å². The van der Waals surface area contributed by atoms with Gasteiger partial charge in [-0.25, -0.2) is 13.6 Å². The van der Waals surface area contributed by atoms with Gasteiger partial charge in [-0.3, -0.25) is 14.9 Å². The van der Waals surface area contributed by atoms with Crippen LogP contribution < -0.4 is 10.5 Å². The van der Waals surface area contributed by atoms with Crippen LogP contribution in [0.5, 0.6) is 0 Å².